The zero-order chi connectivity index (χ0) is 13.5. The first-order valence-electron chi connectivity index (χ1n) is 5.52. The molecule has 6 heteroatoms. The summed E-state index contributed by atoms with van der Waals surface area (Å²) in [5, 5.41) is 0. The summed E-state index contributed by atoms with van der Waals surface area (Å²) in [7, 11) is 2.10. The van der Waals surface area contributed by atoms with Crippen molar-refractivity contribution >= 4 is 22.4 Å². The van der Waals surface area contributed by atoms with Crippen molar-refractivity contribution in [2.45, 2.75) is 0 Å². The van der Waals surface area contributed by atoms with E-state index in [0.29, 0.717) is 23.8 Å². The van der Waals surface area contributed by atoms with Crippen LogP contribution in [0.25, 0.3) is 0 Å². The van der Waals surface area contributed by atoms with Crippen molar-refractivity contribution in [2.24, 2.45) is 0 Å². The van der Waals surface area contributed by atoms with E-state index < -0.39 is 10.8 Å². The molecular weight excluding hydrogens is 252 g/mol. The van der Waals surface area contributed by atoms with Gasteiger partial charge in [-0.3, -0.25) is 9.00 Å². The number of nitrogens with two attached hydrogens (primary N) is 1. The number of anilines is 1. The average Bonchev–Trinajstić information content (AvgIpc) is 2.31. The van der Waals surface area contributed by atoms with Gasteiger partial charge >= 0.3 is 0 Å². The molecule has 0 saturated carbocycles. The molecule has 18 heavy (non-hydrogen) atoms. The molecule has 1 aromatic carbocycles. The van der Waals surface area contributed by atoms with Gasteiger partial charge in [-0.1, -0.05) is 0 Å². The summed E-state index contributed by atoms with van der Waals surface area (Å²) in [6.07, 6.45) is 0. The Morgan fingerprint density at radius 3 is 2.50 bits per heavy atom. The fourth-order valence-electron chi connectivity index (χ4n) is 1.16. The van der Waals surface area contributed by atoms with Crippen molar-refractivity contribution in [2.75, 3.05) is 37.9 Å². The van der Waals surface area contributed by atoms with Crippen molar-refractivity contribution in [1.29, 1.82) is 0 Å². The van der Waals surface area contributed by atoms with Gasteiger partial charge in [0.1, 0.15) is 11.5 Å². The molecule has 1 amide bonds. The molecule has 1 aromatic rings. The lowest BCUT2D eigenvalue weighted by molar-refractivity contribution is -0.125. The van der Waals surface area contributed by atoms with Gasteiger partial charge < -0.3 is 15.4 Å². The number of hydrogen-bond acceptors (Lipinski definition) is 4. The second-order valence-corrected chi connectivity index (χ2v) is 5.57. The fraction of sp³-hybridized carbons (Fsp3) is 0.417. The Hall–Kier alpha value is -1.56. The van der Waals surface area contributed by atoms with Gasteiger partial charge in [0.05, 0.1) is 12.4 Å². The molecule has 1 atom stereocenters. The molecule has 5 nitrogen and oxygen atoms in total. The summed E-state index contributed by atoms with van der Waals surface area (Å²) < 4.78 is 17.0. The predicted octanol–water partition coefficient (Wildman–Crippen LogP) is 0.484. The molecule has 2 N–H and O–H groups in total. The van der Waals surface area contributed by atoms with Crippen molar-refractivity contribution in [3.63, 3.8) is 0 Å². The number of ether oxygens (including phenoxy) is 1. The zero-order valence-corrected chi connectivity index (χ0v) is 11.4. The van der Waals surface area contributed by atoms with Crippen molar-refractivity contribution in [3.05, 3.63) is 24.3 Å². The Morgan fingerprint density at radius 2 is 1.94 bits per heavy atom. The first-order valence-corrected chi connectivity index (χ1v) is 7.01. The lowest BCUT2D eigenvalue weighted by atomic mass is 10.3. The van der Waals surface area contributed by atoms with Crippen LogP contribution in [0, 0.1) is 0 Å². The van der Waals surface area contributed by atoms with Crippen LogP contribution in [0.15, 0.2) is 24.3 Å². The summed E-state index contributed by atoms with van der Waals surface area (Å²) in [5.41, 5.74) is 6.21. The Kier molecular flexibility index (Phi) is 5.64. The normalized spacial score (nSPS) is 11.9. The van der Waals surface area contributed by atoms with E-state index in [-0.39, 0.29) is 11.7 Å². The third kappa shape index (κ3) is 5.18. The summed E-state index contributed by atoms with van der Waals surface area (Å²) in [6, 6.07) is 6.98. The Bertz CT molecular complexity index is 418. The molecule has 0 heterocycles. The average molecular weight is 270 g/mol. The zero-order valence-electron chi connectivity index (χ0n) is 10.6. The molecule has 1 unspecified atom stereocenters. The number of carbonyl (C=O) groups excluding carboxylic acids is 1. The van der Waals surface area contributed by atoms with Gasteiger partial charge in [-0.05, 0) is 24.3 Å². The summed E-state index contributed by atoms with van der Waals surface area (Å²) >= 11 is 0. The van der Waals surface area contributed by atoms with E-state index in [2.05, 4.69) is 0 Å². The minimum atomic E-state index is -1.19. The summed E-state index contributed by atoms with van der Waals surface area (Å²) in [5.74, 6) is 0.920. The first-order chi connectivity index (χ1) is 8.49. The van der Waals surface area contributed by atoms with Crippen LogP contribution in [-0.4, -0.2) is 47.2 Å². The van der Waals surface area contributed by atoms with Crippen molar-refractivity contribution in [3.8, 4) is 5.75 Å². The molecule has 0 radical (unpaired) electrons. The fourth-order valence-corrected chi connectivity index (χ4v) is 2.10. The molecule has 1 rings (SSSR count). The maximum Gasteiger partial charge on any atom is 0.234 e. The standard InChI is InChI=1S/C12H18N2O3S/c1-14(2)12(15)9-18(16)8-7-17-11-5-3-10(13)4-6-11/h3-6H,7-9,13H2,1-2H3. The van der Waals surface area contributed by atoms with Crippen LogP contribution < -0.4 is 10.5 Å². The van der Waals surface area contributed by atoms with E-state index >= 15 is 0 Å². The topological polar surface area (TPSA) is 72.6 Å². The van der Waals surface area contributed by atoms with E-state index in [1.54, 1.807) is 38.4 Å². The van der Waals surface area contributed by atoms with E-state index in [0.717, 1.165) is 0 Å². The second-order valence-electron chi connectivity index (χ2n) is 3.99. The number of amides is 1. The highest BCUT2D eigenvalue weighted by Crippen LogP contribution is 2.12. The van der Waals surface area contributed by atoms with E-state index in [9.17, 15) is 9.00 Å². The van der Waals surface area contributed by atoms with Crippen LogP contribution in [0.4, 0.5) is 5.69 Å². The van der Waals surface area contributed by atoms with Crippen LogP contribution in [0.1, 0.15) is 0 Å². The van der Waals surface area contributed by atoms with Gasteiger partial charge in [0.15, 0.2) is 0 Å². The molecule has 0 fully saturated rings. The summed E-state index contributed by atoms with van der Waals surface area (Å²) in [4.78, 5) is 12.7. The van der Waals surface area contributed by atoms with E-state index in [1.807, 2.05) is 0 Å². The minimum Gasteiger partial charge on any atom is -0.493 e. The number of nitrogen functional groups attached to an aromatic ring is 1. The van der Waals surface area contributed by atoms with Crippen molar-refractivity contribution in [1.82, 2.24) is 4.90 Å². The number of benzene rings is 1. The molecule has 0 saturated heterocycles. The molecular formula is C12H18N2O3S. The van der Waals surface area contributed by atoms with Crippen LogP contribution in [0.3, 0.4) is 0 Å². The highest BCUT2D eigenvalue weighted by atomic mass is 32.2. The van der Waals surface area contributed by atoms with Crippen LogP contribution >= 0.6 is 0 Å². The monoisotopic (exact) mass is 270 g/mol. The van der Waals surface area contributed by atoms with E-state index in [1.165, 1.54) is 4.90 Å². The maximum atomic E-state index is 11.6. The van der Waals surface area contributed by atoms with Gasteiger partial charge in [-0.25, -0.2) is 0 Å². The lowest BCUT2D eigenvalue weighted by Crippen LogP contribution is -2.28. The predicted molar refractivity (Wildman–Crippen MR) is 72.9 cm³/mol. The molecule has 0 aliphatic carbocycles. The SMILES string of the molecule is CN(C)C(=O)CS(=O)CCOc1ccc(N)cc1. The molecule has 0 aromatic heterocycles. The smallest absolute Gasteiger partial charge is 0.234 e. The lowest BCUT2D eigenvalue weighted by Gasteiger charge is -2.10. The Balaban J connectivity index is 2.27. The molecule has 100 valence electrons. The van der Waals surface area contributed by atoms with Crippen molar-refractivity contribution < 1.29 is 13.7 Å². The Morgan fingerprint density at radius 1 is 1.33 bits per heavy atom. The Labute approximate surface area is 109 Å². The maximum absolute atomic E-state index is 11.6. The first kappa shape index (κ1) is 14.5. The van der Waals surface area contributed by atoms with Gasteiger partial charge in [0, 0.05) is 30.6 Å². The van der Waals surface area contributed by atoms with Gasteiger partial charge in [0.2, 0.25) is 5.91 Å². The number of carbonyl (C=O) groups is 1. The highest BCUT2D eigenvalue weighted by molar-refractivity contribution is 7.85. The van der Waals surface area contributed by atoms with Crippen LogP contribution in [0.2, 0.25) is 0 Å². The quantitative estimate of drug-likeness (QED) is 0.763. The third-order valence-corrected chi connectivity index (χ3v) is 3.43. The minimum absolute atomic E-state index is 0.0398. The van der Waals surface area contributed by atoms with Crippen LogP contribution in [-0.2, 0) is 15.6 Å². The number of nitrogens with zero attached hydrogens (tertiary/aromatic N) is 1. The molecule has 0 bridgehead atoms. The largest absolute Gasteiger partial charge is 0.493 e. The number of hydrogen-bond donors (Lipinski definition) is 1. The van der Waals surface area contributed by atoms with Gasteiger partial charge in [-0.15, -0.1) is 0 Å². The van der Waals surface area contributed by atoms with Gasteiger partial charge in [-0.2, -0.15) is 0 Å². The second kappa shape index (κ2) is 7.00. The van der Waals surface area contributed by atoms with Crippen LogP contribution in [0.5, 0.6) is 5.75 Å². The third-order valence-electron chi connectivity index (χ3n) is 2.24. The molecule has 0 aliphatic rings. The van der Waals surface area contributed by atoms with Gasteiger partial charge in [0.25, 0.3) is 0 Å². The van der Waals surface area contributed by atoms with E-state index in [4.69, 9.17) is 10.5 Å². The molecule has 0 spiro atoms. The molecule has 0 aliphatic heterocycles. The summed E-state index contributed by atoms with van der Waals surface area (Å²) in [6.45, 7) is 0.317. The highest BCUT2D eigenvalue weighted by Gasteiger charge is 2.09. The number of rotatable bonds is 6.